The number of amides is 2. The predicted molar refractivity (Wildman–Crippen MR) is 99.7 cm³/mol. The van der Waals surface area contributed by atoms with Crippen LogP contribution >= 0.6 is 0 Å². The van der Waals surface area contributed by atoms with E-state index < -0.39 is 43.2 Å². The molecule has 1 aromatic carbocycles. The Morgan fingerprint density at radius 2 is 1.93 bits per heavy atom. The number of aliphatic hydroxyl groups is 3. The van der Waals surface area contributed by atoms with Gasteiger partial charge in [0.2, 0.25) is 12.2 Å². The highest BCUT2D eigenvalue weighted by atomic mass is 16.7. The first-order chi connectivity index (χ1) is 13.4. The maximum absolute atomic E-state index is 12.4. The number of para-hydroxylation sites is 1. The predicted octanol–water partition coefficient (Wildman–Crippen LogP) is -0.461. The van der Waals surface area contributed by atoms with Crippen LogP contribution in [0.4, 0.5) is 0 Å². The second-order valence-electron chi connectivity index (χ2n) is 6.66. The van der Waals surface area contributed by atoms with E-state index in [0.29, 0.717) is 6.54 Å². The molecule has 1 aliphatic heterocycles. The van der Waals surface area contributed by atoms with Gasteiger partial charge in [-0.1, -0.05) is 25.5 Å². The lowest BCUT2D eigenvalue weighted by atomic mass is 9.97. The highest BCUT2D eigenvalue weighted by Crippen LogP contribution is 2.26. The monoisotopic (exact) mass is 396 g/mol. The third-order valence-electron chi connectivity index (χ3n) is 4.44. The second-order valence-corrected chi connectivity index (χ2v) is 6.66. The van der Waals surface area contributed by atoms with Crippen LogP contribution in [0.25, 0.3) is 0 Å². The van der Waals surface area contributed by atoms with Crippen molar-refractivity contribution in [3.8, 4) is 5.75 Å². The van der Waals surface area contributed by atoms with Crippen LogP contribution in [-0.2, 0) is 9.53 Å². The number of unbranched alkanes of at least 4 members (excludes halogenated alkanes) is 1. The van der Waals surface area contributed by atoms with Crippen molar-refractivity contribution in [1.82, 2.24) is 10.6 Å². The van der Waals surface area contributed by atoms with E-state index >= 15 is 0 Å². The van der Waals surface area contributed by atoms with E-state index in [9.17, 15) is 24.9 Å². The average Bonchev–Trinajstić information content (AvgIpc) is 2.67. The van der Waals surface area contributed by atoms with Crippen molar-refractivity contribution in [3.05, 3.63) is 29.8 Å². The highest BCUT2D eigenvalue weighted by Gasteiger charge is 2.46. The minimum Gasteiger partial charge on any atom is -0.462 e. The largest absolute Gasteiger partial charge is 0.462 e. The summed E-state index contributed by atoms with van der Waals surface area (Å²) in [4.78, 5) is 24.0. The van der Waals surface area contributed by atoms with E-state index in [1.807, 2.05) is 6.92 Å². The van der Waals surface area contributed by atoms with E-state index in [-0.39, 0.29) is 17.2 Å². The summed E-state index contributed by atoms with van der Waals surface area (Å²) in [6, 6.07) is 5.41. The molecule has 1 aromatic rings. The lowest BCUT2D eigenvalue weighted by molar-refractivity contribution is -0.244. The molecule has 0 saturated carbocycles. The molecular weight excluding hydrogens is 368 g/mol. The van der Waals surface area contributed by atoms with Gasteiger partial charge in [-0.05, 0) is 18.6 Å². The normalized spacial score (nSPS) is 27.1. The summed E-state index contributed by atoms with van der Waals surface area (Å²) >= 11 is 0. The summed E-state index contributed by atoms with van der Waals surface area (Å²) in [5.74, 6) is -0.589. The molecule has 9 nitrogen and oxygen atoms in total. The molecule has 0 aliphatic carbocycles. The Morgan fingerprint density at radius 3 is 2.57 bits per heavy atom. The van der Waals surface area contributed by atoms with Crippen LogP contribution < -0.4 is 15.4 Å². The molecule has 2 amide bonds. The van der Waals surface area contributed by atoms with Crippen molar-refractivity contribution in [1.29, 1.82) is 0 Å². The molecule has 2 unspecified atom stereocenters. The number of rotatable bonds is 8. The standard InChI is InChI=1S/C19H28N2O7/c1-3-4-9-20-18(26)12-7-5-6-8-13(12)27-19-15(21-11(2)23)17(25)16(24)14(10-22)28-19/h5-8,14-17,19,22,24-25H,3-4,9-10H2,1-2H3,(H,20,26)(H,21,23)/t14?,15?,16-,17+,19-/m1/s1. The summed E-state index contributed by atoms with van der Waals surface area (Å²) in [7, 11) is 0. The van der Waals surface area contributed by atoms with Gasteiger partial charge >= 0.3 is 0 Å². The summed E-state index contributed by atoms with van der Waals surface area (Å²) < 4.78 is 11.3. The summed E-state index contributed by atoms with van der Waals surface area (Å²) in [6.45, 7) is 3.24. The highest BCUT2D eigenvalue weighted by molar-refractivity contribution is 5.96. The van der Waals surface area contributed by atoms with Crippen LogP contribution in [0.3, 0.4) is 0 Å². The lowest BCUT2D eigenvalue weighted by Gasteiger charge is -2.42. The number of carbonyl (C=O) groups excluding carboxylic acids is 2. The Balaban J connectivity index is 2.23. The molecule has 1 aliphatic rings. The first-order valence-corrected chi connectivity index (χ1v) is 9.32. The van der Waals surface area contributed by atoms with Gasteiger partial charge in [-0.2, -0.15) is 0 Å². The number of benzene rings is 1. The minimum absolute atomic E-state index is 0.192. The van der Waals surface area contributed by atoms with E-state index in [1.165, 1.54) is 6.92 Å². The van der Waals surface area contributed by atoms with Crippen molar-refractivity contribution >= 4 is 11.8 Å². The van der Waals surface area contributed by atoms with Crippen LogP contribution in [-0.4, -0.2) is 70.9 Å². The molecule has 1 fully saturated rings. The number of nitrogens with one attached hydrogen (secondary N) is 2. The van der Waals surface area contributed by atoms with Crippen molar-refractivity contribution in [2.75, 3.05) is 13.2 Å². The van der Waals surface area contributed by atoms with Crippen molar-refractivity contribution in [2.45, 2.75) is 57.3 Å². The van der Waals surface area contributed by atoms with Gasteiger partial charge in [0.15, 0.2) is 0 Å². The molecule has 156 valence electrons. The number of aliphatic hydroxyl groups excluding tert-OH is 3. The van der Waals surface area contributed by atoms with Crippen molar-refractivity contribution in [3.63, 3.8) is 0 Å². The average molecular weight is 396 g/mol. The Morgan fingerprint density at radius 1 is 1.21 bits per heavy atom. The maximum Gasteiger partial charge on any atom is 0.255 e. The molecule has 0 bridgehead atoms. The Kier molecular flexibility index (Phi) is 8.18. The molecule has 5 N–H and O–H groups in total. The fraction of sp³-hybridized carbons (Fsp3) is 0.579. The van der Waals surface area contributed by atoms with Gasteiger partial charge in [-0.3, -0.25) is 9.59 Å². The second kappa shape index (κ2) is 10.4. The molecule has 1 heterocycles. The van der Waals surface area contributed by atoms with Crippen LogP contribution in [0.1, 0.15) is 37.0 Å². The zero-order valence-corrected chi connectivity index (χ0v) is 16.0. The molecule has 0 aromatic heterocycles. The molecule has 0 spiro atoms. The summed E-state index contributed by atoms with van der Waals surface area (Å²) in [5.41, 5.74) is 0.268. The quantitative estimate of drug-likeness (QED) is 0.375. The molecular formula is C19H28N2O7. The van der Waals surface area contributed by atoms with Gasteiger partial charge in [-0.15, -0.1) is 0 Å². The van der Waals surface area contributed by atoms with Gasteiger partial charge in [0, 0.05) is 13.5 Å². The Hall–Kier alpha value is -2.20. The van der Waals surface area contributed by atoms with Crippen LogP contribution in [0, 0.1) is 0 Å². The lowest BCUT2D eigenvalue weighted by Crippen LogP contribution is -2.65. The number of carbonyl (C=O) groups is 2. The smallest absolute Gasteiger partial charge is 0.255 e. The summed E-state index contributed by atoms with van der Waals surface area (Å²) in [5, 5.41) is 35.1. The molecule has 2 rings (SSSR count). The topological polar surface area (TPSA) is 137 Å². The van der Waals surface area contributed by atoms with Gasteiger partial charge < -0.3 is 35.4 Å². The van der Waals surface area contributed by atoms with E-state index in [4.69, 9.17) is 9.47 Å². The molecule has 1 saturated heterocycles. The molecule has 28 heavy (non-hydrogen) atoms. The van der Waals surface area contributed by atoms with Crippen molar-refractivity contribution in [2.24, 2.45) is 0 Å². The summed E-state index contributed by atoms with van der Waals surface area (Å²) in [6.07, 6.45) is -3.37. The van der Waals surface area contributed by atoms with Crippen LogP contribution in [0.15, 0.2) is 24.3 Å². The van der Waals surface area contributed by atoms with Crippen molar-refractivity contribution < 1.29 is 34.4 Å². The van der Waals surface area contributed by atoms with E-state index in [2.05, 4.69) is 10.6 Å². The van der Waals surface area contributed by atoms with Gasteiger partial charge in [0.1, 0.15) is 30.1 Å². The third-order valence-corrected chi connectivity index (χ3v) is 4.44. The molecule has 0 radical (unpaired) electrons. The Labute approximate surface area is 163 Å². The first kappa shape index (κ1) is 22.1. The van der Waals surface area contributed by atoms with Gasteiger partial charge in [0.25, 0.3) is 5.91 Å². The molecule has 5 atom stereocenters. The van der Waals surface area contributed by atoms with Crippen LogP contribution in [0.2, 0.25) is 0 Å². The van der Waals surface area contributed by atoms with E-state index in [0.717, 1.165) is 12.8 Å². The van der Waals surface area contributed by atoms with Gasteiger partial charge in [0.05, 0.1) is 12.2 Å². The fourth-order valence-electron chi connectivity index (χ4n) is 2.93. The Bertz CT molecular complexity index is 669. The zero-order chi connectivity index (χ0) is 20.7. The number of hydrogen-bond donors (Lipinski definition) is 5. The third kappa shape index (κ3) is 5.41. The zero-order valence-electron chi connectivity index (χ0n) is 16.0. The van der Waals surface area contributed by atoms with E-state index in [1.54, 1.807) is 24.3 Å². The minimum atomic E-state index is -1.43. The fourth-order valence-corrected chi connectivity index (χ4v) is 2.93. The number of hydrogen-bond acceptors (Lipinski definition) is 7. The van der Waals surface area contributed by atoms with Gasteiger partial charge in [-0.25, -0.2) is 0 Å². The SMILES string of the molecule is CCCCNC(=O)c1ccccc1O[C@@H]1OC(CO)[C@@H](O)[C@@H](O)C1NC(C)=O. The number of ether oxygens (including phenoxy) is 2. The first-order valence-electron chi connectivity index (χ1n) is 9.32. The maximum atomic E-state index is 12.4. The van der Waals surface area contributed by atoms with Crippen LogP contribution in [0.5, 0.6) is 5.75 Å². The molecule has 9 heteroatoms.